The lowest BCUT2D eigenvalue weighted by Gasteiger charge is -2.13. The minimum absolute atomic E-state index is 0.0141. The van der Waals surface area contributed by atoms with E-state index >= 15 is 0 Å². The standard InChI is InChI=1S/C19H15F4N3O4S/c20-18(21)29-12-6-7-16(30-19(22)23)14(10-12)15-8-9-24-17(26-15)11-25-31(27,28)13-4-2-1-3-5-13/h1-10,18-19,25H,11H2. The molecule has 0 aliphatic heterocycles. The summed E-state index contributed by atoms with van der Waals surface area (Å²) in [4.78, 5) is 8.10. The first-order chi connectivity index (χ1) is 14.7. The molecular weight excluding hydrogens is 442 g/mol. The molecule has 0 radical (unpaired) electrons. The van der Waals surface area contributed by atoms with Crippen LogP contribution in [0.2, 0.25) is 0 Å². The van der Waals surface area contributed by atoms with Gasteiger partial charge in [0.05, 0.1) is 17.1 Å². The lowest BCUT2D eigenvalue weighted by Crippen LogP contribution is -2.24. The van der Waals surface area contributed by atoms with Gasteiger partial charge < -0.3 is 9.47 Å². The zero-order chi connectivity index (χ0) is 22.4. The van der Waals surface area contributed by atoms with E-state index in [9.17, 15) is 26.0 Å². The van der Waals surface area contributed by atoms with Crippen LogP contribution in [0.3, 0.4) is 0 Å². The Morgan fingerprint density at radius 3 is 2.32 bits per heavy atom. The fourth-order valence-corrected chi connectivity index (χ4v) is 3.56. The molecule has 3 aromatic rings. The largest absolute Gasteiger partial charge is 0.435 e. The highest BCUT2D eigenvalue weighted by Gasteiger charge is 2.17. The van der Waals surface area contributed by atoms with Gasteiger partial charge in [-0.15, -0.1) is 0 Å². The van der Waals surface area contributed by atoms with Gasteiger partial charge in [-0.05, 0) is 36.4 Å². The van der Waals surface area contributed by atoms with E-state index in [4.69, 9.17) is 0 Å². The second kappa shape index (κ2) is 9.71. The first-order valence-electron chi connectivity index (χ1n) is 8.65. The number of benzene rings is 2. The molecule has 12 heteroatoms. The molecule has 0 aliphatic carbocycles. The minimum atomic E-state index is -3.84. The highest BCUT2D eigenvalue weighted by molar-refractivity contribution is 7.89. The van der Waals surface area contributed by atoms with Crippen molar-refractivity contribution in [2.45, 2.75) is 24.7 Å². The number of sulfonamides is 1. The zero-order valence-electron chi connectivity index (χ0n) is 15.6. The van der Waals surface area contributed by atoms with Gasteiger partial charge in [0.1, 0.15) is 17.3 Å². The van der Waals surface area contributed by atoms with Crippen molar-refractivity contribution in [2.75, 3.05) is 0 Å². The summed E-state index contributed by atoms with van der Waals surface area (Å²) in [5, 5.41) is 0. The number of nitrogens with zero attached hydrogens (tertiary/aromatic N) is 2. The Bertz CT molecular complexity index is 1130. The van der Waals surface area contributed by atoms with Crippen LogP contribution in [0.25, 0.3) is 11.3 Å². The van der Waals surface area contributed by atoms with E-state index in [1.165, 1.54) is 24.4 Å². The molecule has 0 aliphatic rings. The van der Waals surface area contributed by atoms with Crippen LogP contribution in [-0.4, -0.2) is 31.6 Å². The normalized spacial score (nSPS) is 11.7. The quantitative estimate of drug-likeness (QED) is 0.492. The van der Waals surface area contributed by atoms with Crippen molar-refractivity contribution >= 4 is 10.0 Å². The van der Waals surface area contributed by atoms with E-state index in [2.05, 4.69) is 24.2 Å². The third kappa shape index (κ3) is 6.12. The van der Waals surface area contributed by atoms with Crippen LogP contribution in [0, 0.1) is 0 Å². The van der Waals surface area contributed by atoms with Crippen LogP contribution in [0.15, 0.2) is 65.7 Å². The molecule has 0 atom stereocenters. The Hall–Kier alpha value is -3.25. The average Bonchev–Trinajstić information content (AvgIpc) is 2.73. The Morgan fingerprint density at radius 2 is 1.65 bits per heavy atom. The summed E-state index contributed by atoms with van der Waals surface area (Å²) < 4.78 is 86.2. The summed E-state index contributed by atoms with van der Waals surface area (Å²) in [6.45, 7) is -6.59. The molecule has 164 valence electrons. The van der Waals surface area contributed by atoms with Gasteiger partial charge in [0.25, 0.3) is 0 Å². The maximum Gasteiger partial charge on any atom is 0.387 e. The van der Waals surface area contributed by atoms with E-state index in [1.54, 1.807) is 18.2 Å². The lowest BCUT2D eigenvalue weighted by atomic mass is 10.1. The van der Waals surface area contributed by atoms with Crippen molar-refractivity contribution in [2.24, 2.45) is 0 Å². The Kier molecular flexibility index (Phi) is 7.02. The molecule has 0 spiro atoms. The number of halogens is 4. The second-order valence-electron chi connectivity index (χ2n) is 5.91. The summed E-state index contributed by atoms with van der Waals surface area (Å²) in [6.07, 6.45) is 1.27. The van der Waals surface area contributed by atoms with Crippen molar-refractivity contribution in [1.29, 1.82) is 0 Å². The van der Waals surface area contributed by atoms with Crippen molar-refractivity contribution < 1.29 is 35.5 Å². The van der Waals surface area contributed by atoms with Gasteiger partial charge in [0.2, 0.25) is 10.0 Å². The fourth-order valence-electron chi connectivity index (χ4n) is 2.56. The first kappa shape index (κ1) is 22.4. The molecule has 0 saturated heterocycles. The summed E-state index contributed by atoms with van der Waals surface area (Å²) in [5.41, 5.74) is -0.0210. The molecule has 7 nitrogen and oxygen atoms in total. The Balaban J connectivity index is 1.88. The molecule has 1 N–H and O–H groups in total. The predicted octanol–water partition coefficient (Wildman–Crippen LogP) is 3.82. The lowest BCUT2D eigenvalue weighted by molar-refractivity contribution is -0.0526. The Morgan fingerprint density at radius 1 is 0.935 bits per heavy atom. The number of hydrogen-bond donors (Lipinski definition) is 1. The van der Waals surface area contributed by atoms with Crippen LogP contribution in [0.1, 0.15) is 5.82 Å². The molecule has 1 aromatic heterocycles. The van der Waals surface area contributed by atoms with Crippen LogP contribution < -0.4 is 14.2 Å². The van der Waals surface area contributed by atoms with E-state index in [0.29, 0.717) is 0 Å². The maximum absolute atomic E-state index is 12.7. The zero-order valence-corrected chi connectivity index (χ0v) is 16.4. The van der Waals surface area contributed by atoms with Crippen molar-refractivity contribution in [1.82, 2.24) is 14.7 Å². The second-order valence-corrected chi connectivity index (χ2v) is 7.68. The van der Waals surface area contributed by atoms with Crippen molar-refractivity contribution in [3.8, 4) is 22.8 Å². The molecule has 31 heavy (non-hydrogen) atoms. The average molecular weight is 457 g/mol. The number of alkyl halides is 4. The molecule has 2 aromatic carbocycles. The number of ether oxygens (including phenoxy) is 2. The molecule has 0 amide bonds. The number of rotatable bonds is 9. The summed E-state index contributed by atoms with van der Waals surface area (Å²) >= 11 is 0. The van der Waals surface area contributed by atoms with Gasteiger partial charge in [-0.2, -0.15) is 17.6 Å². The van der Waals surface area contributed by atoms with E-state index in [1.807, 2.05) is 0 Å². The summed E-state index contributed by atoms with van der Waals surface area (Å²) in [7, 11) is -3.84. The van der Waals surface area contributed by atoms with E-state index < -0.39 is 23.2 Å². The molecule has 0 unspecified atom stereocenters. The van der Waals surface area contributed by atoms with Gasteiger partial charge in [-0.25, -0.2) is 23.1 Å². The molecule has 0 fully saturated rings. The van der Waals surface area contributed by atoms with Gasteiger partial charge in [0, 0.05) is 11.8 Å². The third-order valence-electron chi connectivity index (χ3n) is 3.85. The van der Waals surface area contributed by atoms with Crippen LogP contribution in [-0.2, 0) is 16.6 Å². The molecular formula is C19H15F4N3O4S. The number of hydrogen-bond acceptors (Lipinski definition) is 6. The third-order valence-corrected chi connectivity index (χ3v) is 5.26. The van der Waals surface area contributed by atoms with Gasteiger partial charge >= 0.3 is 13.2 Å². The first-order valence-corrected chi connectivity index (χ1v) is 10.1. The van der Waals surface area contributed by atoms with E-state index in [0.717, 1.165) is 18.2 Å². The SMILES string of the molecule is O=S(=O)(NCc1nccc(-c2cc(OC(F)F)ccc2OC(F)F)n1)c1ccccc1. The van der Waals surface area contributed by atoms with Crippen LogP contribution in [0.5, 0.6) is 11.5 Å². The smallest absolute Gasteiger partial charge is 0.387 e. The highest BCUT2D eigenvalue weighted by Crippen LogP contribution is 2.34. The predicted molar refractivity (Wildman–Crippen MR) is 101 cm³/mol. The molecule has 0 bridgehead atoms. The van der Waals surface area contributed by atoms with E-state index in [-0.39, 0.29) is 40.0 Å². The maximum atomic E-state index is 12.7. The summed E-state index contributed by atoms with van der Waals surface area (Å²) in [5.74, 6) is -0.608. The Labute approximate surface area is 174 Å². The monoisotopic (exact) mass is 457 g/mol. The summed E-state index contributed by atoms with van der Waals surface area (Å²) in [6, 6.07) is 12.1. The van der Waals surface area contributed by atoms with Crippen LogP contribution in [0.4, 0.5) is 17.6 Å². The number of nitrogens with one attached hydrogen (secondary N) is 1. The van der Waals surface area contributed by atoms with Gasteiger partial charge in [0.15, 0.2) is 0 Å². The minimum Gasteiger partial charge on any atom is -0.435 e. The van der Waals surface area contributed by atoms with Gasteiger partial charge in [-0.3, -0.25) is 0 Å². The number of aromatic nitrogens is 2. The highest BCUT2D eigenvalue weighted by atomic mass is 32.2. The van der Waals surface area contributed by atoms with Crippen molar-refractivity contribution in [3.63, 3.8) is 0 Å². The molecule has 1 heterocycles. The fraction of sp³-hybridized carbons (Fsp3) is 0.158. The van der Waals surface area contributed by atoms with Gasteiger partial charge in [-0.1, -0.05) is 18.2 Å². The molecule has 0 saturated carbocycles. The van der Waals surface area contributed by atoms with Crippen molar-refractivity contribution in [3.05, 3.63) is 66.6 Å². The topological polar surface area (TPSA) is 90.4 Å². The van der Waals surface area contributed by atoms with Crippen LogP contribution >= 0.6 is 0 Å². The molecule has 3 rings (SSSR count).